The smallest absolute Gasteiger partial charge is 0.223 e. The van der Waals surface area contributed by atoms with E-state index in [1.54, 1.807) is 0 Å². The van der Waals surface area contributed by atoms with Gasteiger partial charge in [-0.2, -0.15) is 0 Å². The second-order valence-corrected chi connectivity index (χ2v) is 4.21. The molecule has 0 fully saturated rings. The predicted octanol–water partition coefficient (Wildman–Crippen LogP) is 1.95. The minimum absolute atomic E-state index is 0.0716. The molecule has 0 aliphatic heterocycles. The number of carbonyl (C=O) groups excluding carboxylic acids is 1. The summed E-state index contributed by atoms with van der Waals surface area (Å²) in [4.78, 5) is 11.6. The van der Waals surface area contributed by atoms with E-state index >= 15 is 0 Å². The van der Waals surface area contributed by atoms with Crippen LogP contribution in [0.25, 0.3) is 0 Å². The maximum atomic E-state index is 11.6. The van der Waals surface area contributed by atoms with Crippen molar-refractivity contribution in [2.75, 3.05) is 6.54 Å². The van der Waals surface area contributed by atoms with Crippen LogP contribution in [0.15, 0.2) is 0 Å². The summed E-state index contributed by atoms with van der Waals surface area (Å²) < 4.78 is 0. The van der Waals surface area contributed by atoms with Crippen molar-refractivity contribution in [3.8, 4) is 0 Å². The molecule has 0 saturated carbocycles. The Morgan fingerprint density at radius 1 is 1.20 bits per heavy atom. The Balaban J connectivity index is 3.89. The molecule has 0 radical (unpaired) electrons. The first-order valence-electron chi connectivity index (χ1n) is 6.02. The van der Waals surface area contributed by atoms with Gasteiger partial charge in [0.1, 0.15) is 0 Å². The molecular formula is C12H25NO2. The summed E-state index contributed by atoms with van der Waals surface area (Å²) in [7, 11) is 0. The normalized spacial score (nSPS) is 15.1. The SMILES string of the molecule is CCC(CC)C(=O)NCC(O)C(C)CC. The lowest BCUT2D eigenvalue weighted by Gasteiger charge is -2.19. The van der Waals surface area contributed by atoms with Gasteiger partial charge in [0.15, 0.2) is 0 Å². The van der Waals surface area contributed by atoms with E-state index in [9.17, 15) is 9.90 Å². The molecule has 0 aromatic heterocycles. The van der Waals surface area contributed by atoms with Gasteiger partial charge in [-0.05, 0) is 18.8 Å². The lowest BCUT2D eigenvalue weighted by Crippen LogP contribution is -2.38. The predicted molar refractivity (Wildman–Crippen MR) is 62.5 cm³/mol. The lowest BCUT2D eigenvalue weighted by molar-refractivity contribution is -0.125. The number of nitrogens with one attached hydrogen (secondary N) is 1. The molecule has 2 unspecified atom stereocenters. The molecule has 3 nitrogen and oxygen atoms in total. The van der Waals surface area contributed by atoms with Gasteiger partial charge >= 0.3 is 0 Å². The summed E-state index contributed by atoms with van der Waals surface area (Å²) in [5, 5.41) is 12.5. The number of aliphatic hydroxyl groups is 1. The van der Waals surface area contributed by atoms with E-state index in [-0.39, 0.29) is 17.7 Å². The van der Waals surface area contributed by atoms with Crippen molar-refractivity contribution in [2.24, 2.45) is 11.8 Å². The molecule has 90 valence electrons. The highest BCUT2D eigenvalue weighted by Gasteiger charge is 2.17. The van der Waals surface area contributed by atoms with Gasteiger partial charge in [0, 0.05) is 12.5 Å². The first kappa shape index (κ1) is 14.4. The molecule has 1 amide bonds. The van der Waals surface area contributed by atoms with Crippen molar-refractivity contribution in [3.05, 3.63) is 0 Å². The zero-order chi connectivity index (χ0) is 11.8. The van der Waals surface area contributed by atoms with E-state index in [1.807, 2.05) is 27.7 Å². The number of rotatable bonds is 7. The number of hydrogen-bond donors (Lipinski definition) is 2. The van der Waals surface area contributed by atoms with Crippen molar-refractivity contribution < 1.29 is 9.90 Å². The Bertz CT molecular complexity index is 178. The third-order valence-corrected chi connectivity index (χ3v) is 3.14. The summed E-state index contributed by atoms with van der Waals surface area (Å²) in [5.41, 5.74) is 0. The highest BCUT2D eigenvalue weighted by molar-refractivity contribution is 5.78. The molecule has 0 bridgehead atoms. The van der Waals surface area contributed by atoms with Gasteiger partial charge in [0.2, 0.25) is 5.91 Å². The molecule has 0 aromatic rings. The number of carbonyl (C=O) groups is 1. The van der Waals surface area contributed by atoms with E-state index in [0.717, 1.165) is 19.3 Å². The molecule has 2 N–H and O–H groups in total. The maximum Gasteiger partial charge on any atom is 0.223 e. The Kier molecular flexibility index (Phi) is 7.39. The Labute approximate surface area is 93.3 Å². The molecule has 0 rings (SSSR count). The van der Waals surface area contributed by atoms with E-state index in [0.29, 0.717) is 6.54 Å². The van der Waals surface area contributed by atoms with E-state index in [1.165, 1.54) is 0 Å². The third-order valence-electron chi connectivity index (χ3n) is 3.14. The number of hydrogen-bond acceptors (Lipinski definition) is 2. The Morgan fingerprint density at radius 2 is 1.73 bits per heavy atom. The summed E-state index contributed by atoms with van der Waals surface area (Å²) in [6.45, 7) is 8.44. The molecule has 0 aromatic carbocycles. The van der Waals surface area contributed by atoms with Gasteiger partial charge < -0.3 is 10.4 Å². The lowest BCUT2D eigenvalue weighted by atomic mass is 10.0. The van der Waals surface area contributed by atoms with Crippen molar-refractivity contribution in [3.63, 3.8) is 0 Å². The second-order valence-electron chi connectivity index (χ2n) is 4.21. The fourth-order valence-corrected chi connectivity index (χ4v) is 1.48. The molecule has 0 saturated heterocycles. The third kappa shape index (κ3) is 5.17. The minimum Gasteiger partial charge on any atom is -0.391 e. The van der Waals surface area contributed by atoms with Crippen molar-refractivity contribution in [2.45, 2.75) is 53.1 Å². The Morgan fingerprint density at radius 3 is 2.13 bits per heavy atom. The van der Waals surface area contributed by atoms with Crippen LogP contribution in [0, 0.1) is 11.8 Å². The van der Waals surface area contributed by atoms with Gasteiger partial charge in [0.25, 0.3) is 0 Å². The summed E-state index contributed by atoms with van der Waals surface area (Å²) in [6.07, 6.45) is 2.24. The van der Waals surface area contributed by atoms with Gasteiger partial charge in [-0.1, -0.05) is 34.1 Å². The zero-order valence-electron chi connectivity index (χ0n) is 10.4. The van der Waals surface area contributed by atoms with E-state index in [4.69, 9.17) is 0 Å². The van der Waals surface area contributed by atoms with E-state index < -0.39 is 6.10 Å². The molecule has 0 heterocycles. The highest BCUT2D eigenvalue weighted by Crippen LogP contribution is 2.09. The van der Waals surface area contributed by atoms with Crippen LogP contribution in [0.3, 0.4) is 0 Å². The minimum atomic E-state index is -0.423. The fourth-order valence-electron chi connectivity index (χ4n) is 1.48. The fraction of sp³-hybridized carbons (Fsp3) is 0.917. The zero-order valence-corrected chi connectivity index (χ0v) is 10.4. The van der Waals surface area contributed by atoms with Gasteiger partial charge in [-0.15, -0.1) is 0 Å². The van der Waals surface area contributed by atoms with Gasteiger partial charge in [0.05, 0.1) is 6.10 Å². The molecule has 3 heteroatoms. The first-order chi connectivity index (χ1) is 7.06. The summed E-state index contributed by atoms with van der Waals surface area (Å²) in [5.74, 6) is 0.406. The standard InChI is InChI=1S/C12H25NO2/c1-5-9(4)11(14)8-13-12(15)10(6-2)7-3/h9-11,14H,5-8H2,1-4H3,(H,13,15). The highest BCUT2D eigenvalue weighted by atomic mass is 16.3. The molecule has 0 aliphatic rings. The molecule has 0 spiro atoms. The van der Waals surface area contributed by atoms with Crippen molar-refractivity contribution in [1.82, 2.24) is 5.32 Å². The average molecular weight is 215 g/mol. The summed E-state index contributed by atoms with van der Waals surface area (Å²) in [6, 6.07) is 0. The molecular weight excluding hydrogens is 190 g/mol. The van der Waals surface area contributed by atoms with Crippen LogP contribution >= 0.6 is 0 Å². The van der Waals surface area contributed by atoms with Crippen LogP contribution in [0.4, 0.5) is 0 Å². The van der Waals surface area contributed by atoms with Crippen LogP contribution in [-0.2, 0) is 4.79 Å². The van der Waals surface area contributed by atoms with Crippen LogP contribution in [0.1, 0.15) is 47.0 Å². The topological polar surface area (TPSA) is 49.3 Å². The van der Waals surface area contributed by atoms with Crippen LogP contribution in [0.5, 0.6) is 0 Å². The van der Waals surface area contributed by atoms with Crippen LogP contribution in [0.2, 0.25) is 0 Å². The van der Waals surface area contributed by atoms with Gasteiger partial charge in [-0.25, -0.2) is 0 Å². The van der Waals surface area contributed by atoms with Crippen LogP contribution in [-0.4, -0.2) is 23.7 Å². The quantitative estimate of drug-likeness (QED) is 0.682. The first-order valence-corrected chi connectivity index (χ1v) is 6.02. The van der Waals surface area contributed by atoms with Crippen molar-refractivity contribution >= 4 is 5.91 Å². The monoisotopic (exact) mass is 215 g/mol. The molecule has 0 aliphatic carbocycles. The van der Waals surface area contributed by atoms with Crippen LogP contribution < -0.4 is 5.32 Å². The Hall–Kier alpha value is -0.570. The second kappa shape index (κ2) is 7.69. The summed E-state index contributed by atoms with van der Waals surface area (Å²) >= 11 is 0. The number of aliphatic hydroxyl groups excluding tert-OH is 1. The molecule has 15 heavy (non-hydrogen) atoms. The van der Waals surface area contributed by atoms with E-state index in [2.05, 4.69) is 5.32 Å². The average Bonchev–Trinajstić information content (AvgIpc) is 2.26. The molecule has 2 atom stereocenters. The maximum absolute atomic E-state index is 11.6. The largest absolute Gasteiger partial charge is 0.391 e. The van der Waals surface area contributed by atoms with Gasteiger partial charge in [-0.3, -0.25) is 4.79 Å². The van der Waals surface area contributed by atoms with Crippen molar-refractivity contribution in [1.29, 1.82) is 0 Å². The number of amides is 1.